The second-order valence-corrected chi connectivity index (χ2v) is 5.20. The summed E-state index contributed by atoms with van der Waals surface area (Å²) >= 11 is 0. The van der Waals surface area contributed by atoms with Crippen molar-refractivity contribution in [2.45, 2.75) is 20.8 Å². The minimum absolute atomic E-state index is 0.732. The van der Waals surface area contributed by atoms with Gasteiger partial charge in [-0.1, -0.05) is 54.1 Å². The van der Waals surface area contributed by atoms with E-state index in [1.165, 1.54) is 16.7 Å². The molecular formula is C18H17N3. The van der Waals surface area contributed by atoms with Crippen molar-refractivity contribution in [3.63, 3.8) is 0 Å². The summed E-state index contributed by atoms with van der Waals surface area (Å²) in [5.41, 5.74) is 4.70. The Balaban J connectivity index is 1.95. The third-order valence-electron chi connectivity index (χ3n) is 3.39. The van der Waals surface area contributed by atoms with Gasteiger partial charge in [-0.25, -0.2) is 15.0 Å². The Labute approximate surface area is 124 Å². The first-order chi connectivity index (χ1) is 10.1. The average molecular weight is 275 g/mol. The van der Waals surface area contributed by atoms with Gasteiger partial charge in [0, 0.05) is 5.56 Å². The van der Waals surface area contributed by atoms with Gasteiger partial charge >= 0.3 is 0 Å². The summed E-state index contributed by atoms with van der Waals surface area (Å²) in [7, 11) is 0. The molecule has 3 rings (SSSR count). The number of rotatable bonds is 2. The second kappa shape index (κ2) is 5.44. The van der Waals surface area contributed by atoms with Crippen molar-refractivity contribution in [1.82, 2.24) is 15.0 Å². The molecule has 0 aliphatic rings. The Morgan fingerprint density at radius 1 is 0.524 bits per heavy atom. The lowest BCUT2D eigenvalue weighted by Gasteiger charge is -2.05. The summed E-state index contributed by atoms with van der Waals surface area (Å²) in [5.74, 6) is 2.23. The minimum atomic E-state index is 0.732. The van der Waals surface area contributed by atoms with E-state index < -0.39 is 0 Å². The van der Waals surface area contributed by atoms with Crippen molar-refractivity contribution in [2.24, 2.45) is 0 Å². The number of hydrogen-bond donors (Lipinski definition) is 0. The zero-order chi connectivity index (χ0) is 14.8. The van der Waals surface area contributed by atoms with Crippen molar-refractivity contribution in [2.75, 3.05) is 0 Å². The zero-order valence-electron chi connectivity index (χ0n) is 12.5. The standard InChI is InChI=1S/C18H17N3/c1-12-4-6-15(7-5-12)16-8-10-17(11-9-16)18-20-13(2)19-14(3)21-18/h4-11H,1-3H3. The molecule has 0 unspecified atom stereocenters. The van der Waals surface area contributed by atoms with E-state index >= 15 is 0 Å². The molecule has 104 valence electrons. The van der Waals surface area contributed by atoms with Gasteiger partial charge in [0.25, 0.3) is 0 Å². The first-order valence-corrected chi connectivity index (χ1v) is 6.98. The Bertz CT molecular complexity index is 739. The quantitative estimate of drug-likeness (QED) is 0.705. The second-order valence-electron chi connectivity index (χ2n) is 5.20. The fraction of sp³-hybridized carbons (Fsp3) is 0.167. The van der Waals surface area contributed by atoms with Crippen LogP contribution in [0.25, 0.3) is 22.5 Å². The summed E-state index contributed by atoms with van der Waals surface area (Å²) in [6.07, 6.45) is 0. The minimum Gasteiger partial charge on any atom is -0.219 e. The summed E-state index contributed by atoms with van der Waals surface area (Å²) in [5, 5.41) is 0. The molecule has 0 aliphatic carbocycles. The Kier molecular flexibility index (Phi) is 3.48. The molecule has 0 bridgehead atoms. The molecule has 0 amide bonds. The van der Waals surface area contributed by atoms with Gasteiger partial charge in [-0.15, -0.1) is 0 Å². The summed E-state index contributed by atoms with van der Waals surface area (Å²) in [6.45, 7) is 5.87. The highest BCUT2D eigenvalue weighted by molar-refractivity contribution is 5.67. The Hall–Kier alpha value is -2.55. The molecule has 0 radical (unpaired) electrons. The molecule has 3 heteroatoms. The summed E-state index contributed by atoms with van der Waals surface area (Å²) < 4.78 is 0. The topological polar surface area (TPSA) is 38.7 Å². The fourth-order valence-electron chi connectivity index (χ4n) is 2.30. The third-order valence-corrected chi connectivity index (χ3v) is 3.39. The summed E-state index contributed by atoms with van der Waals surface area (Å²) in [4.78, 5) is 13.0. The van der Waals surface area contributed by atoms with Crippen molar-refractivity contribution in [1.29, 1.82) is 0 Å². The van der Waals surface area contributed by atoms with Crippen LogP contribution in [0, 0.1) is 20.8 Å². The van der Waals surface area contributed by atoms with E-state index in [1.54, 1.807) is 0 Å². The first kappa shape index (κ1) is 13.4. The van der Waals surface area contributed by atoms with Gasteiger partial charge in [0.05, 0.1) is 0 Å². The average Bonchev–Trinajstić information content (AvgIpc) is 2.47. The van der Waals surface area contributed by atoms with Gasteiger partial charge in [-0.3, -0.25) is 0 Å². The third kappa shape index (κ3) is 2.97. The van der Waals surface area contributed by atoms with Gasteiger partial charge in [0.15, 0.2) is 5.82 Å². The van der Waals surface area contributed by atoms with E-state index in [9.17, 15) is 0 Å². The molecule has 21 heavy (non-hydrogen) atoms. The lowest BCUT2D eigenvalue weighted by atomic mass is 10.0. The summed E-state index contributed by atoms with van der Waals surface area (Å²) in [6, 6.07) is 16.9. The highest BCUT2D eigenvalue weighted by Gasteiger charge is 2.05. The van der Waals surface area contributed by atoms with Crippen molar-refractivity contribution >= 4 is 0 Å². The van der Waals surface area contributed by atoms with Crippen LogP contribution in [0.15, 0.2) is 48.5 Å². The molecule has 3 aromatic rings. The maximum atomic E-state index is 4.40. The number of benzene rings is 2. The molecule has 0 spiro atoms. The molecule has 0 N–H and O–H groups in total. The van der Waals surface area contributed by atoms with E-state index in [4.69, 9.17) is 0 Å². The van der Waals surface area contributed by atoms with Crippen LogP contribution in [0.4, 0.5) is 0 Å². The SMILES string of the molecule is Cc1ccc(-c2ccc(-c3nc(C)nc(C)n3)cc2)cc1. The molecule has 0 aliphatic heterocycles. The monoisotopic (exact) mass is 275 g/mol. The predicted octanol–water partition coefficient (Wildman–Crippen LogP) is 4.13. The maximum absolute atomic E-state index is 4.40. The lowest BCUT2D eigenvalue weighted by molar-refractivity contribution is 0.928. The fourth-order valence-corrected chi connectivity index (χ4v) is 2.30. The number of aromatic nitrogens is 3. The van der Waals surface area contributed by atoms with E-state index in [2.05, 4.69) is 70.4 Å². The van der Waals surface area contributed by atoms with E-state index in [-0.39, 0.29) is 0 Å². The number of aryl methyl sites for hydroxylation is 3. The van der Waals surface area contributed by atoms with Crippen molar-refractivity contribution < 1.29 is 0 Å². The van der Waals surface area contributed by atoms with Crippen LogP contribution in [0.1, 0.15) is 17.2 Å². The van der Waals surface area contributed by atoms with Gasteiger partial charge < -0.3 is 0 Å². The van der Waals surface area contributed by atoms with Crippen LogP contribution in [0.3, 0.4) is 0 Å². The first-order valence-electron chi connectivity index (χ1n) is 6.98. The zero-order valence-corrected chi connectivity index (χ0v) is 12.5. The van der Waals surface area contributed by atoms with Crippen LogP contribution < -0.4 is 0 Å². The van der Waals surface area contributed by atoms with Crippen LogP contribution in [-0.2, 0) is 0 Å². The van der Waals surface area contributed by atoms with Crippen molar-refractivity contribution in [3.8, 4) is 22.5 Å². The van der Waals surface area contributed by atoms with Crippen LogP contribution in [-0.4, -0.2) is 15.0 Å². The maximum Gasteiger partial charge on any atom is 0.163 e. The lowest BCUT2D eigenvalue weighted by Crippen LogP contribution is -1.98. The van der Waals surface area contributed by atoms with Crippen LogP contribution in [0.2, 0.25) is 0 Å². The Morgan fingerprint density at radius 3 is 1.48 bits per heavy atom. The molecule has 0 atom stereocenters. The van der Waals surface area contributed by atoms with E-state index in [0.29, 0.717) is 0 Å². The number of hydrogen-bond acceptors (Lipinski definition) is 3. The largest absolute Gasteiger partial charge is 0.219 e. The van der Waals surface area contributed by atoms with Gasteiger partial charge in [-0.2, -0.15) is 0 Å². The normalized spacial score (nSPS) is 10.6. The molecule has 1 aromatic heterocycles. The molecule has 2 aromatic carbocycles. The Morgan fingerprint density at radius 2 is 0.952 bits per heavy atom. The smallest absolute Gasteiger partial charge is 0.163 e. The highest BCUT2D eigenvalue weighted by Crippen LogP contribution is 2.23. The molecular weight excluding hydrogens is 258 g/mol. The van der Waals surface area contributed by atoms with E-state index in [1.807, 2.05) is 13.8 Å². The van der Waals surface area contributed by atoms with Gasteiger partial charge in [-0.05, 0) is 31.9 Å². The van der Waals surface area contributed by atoms with Gasteiger partial charge in [0.2, 0.25) is 0 Å². The molecule has 0 saturated heterocycles. The number of nitrogens with zero attached hydrogens (tertiary/aromatic N) is 3. The predicted molar refractivity (Wildman–Crippen MR) is 84.9 cm³/mol. The van der Waals surface area contributed by atoms with Crippen LogP contribution >= 0.6 is 0 Å². The molecule has 0 fully saturated rings. The molecule has 1 heterocycles. The van der Waals surface area contributed by atoms with Crippen molar-refractivity contribution in [3.05, 3.63) is 65.7 Å². The van der Waals surface area contributed by atoms with E-state index in [0.717, 1.165) is 23.0 Å². The van der Waals surface area contributed by atoms with Gasteiger partial charge in [0.1, 0.15) is 11.6 Å². The highest BCUT2D eigenvalue weighted by atomic mass is 15.0. The molecule has 0 saturated carbocycles. The molecule has 3 nitrogen and oxygen atoms in total. The van der Waals surface area contributed by atoms with Crippen LogP contribution in [0.5, 0.6) is 0 Å².